The second-order valence-corrected chi connectivity index (χ2v) is 4.17. The van der Waals surface area contributed by atoms with Gasteiger partial charge in [0.25, 0.3) is 0 Å². The maximum Gasteiger partial charge on any atom is 0.352 e. The van der Waals surface area contributed by atoms with Crippen LogP contribution in [-0.4, -0.2) is 13.0 Å². The minimum Gasteiger partial charge on any atom is -0.369 e. The third-order valence-corrected chi connectivity index (χ3v) is 3.02. The molecule has 5 nitrogen and oxygen atoms in total. The summed E-state index contributed by atoms with van der Waals surface area (Å²) in [5.74, 6) is 0.585. The van der Waals surface area contributed by atoms with Gasteiger partial charge in [0.2, 0.25) is 0 Å². The summed E-state index contributed by atoms with van der Waals surface area (Å²) < 4.78 is 6.86. The van der Waals surface area contributed by atoms with Gasteiger partial charge in [-0.15, -0.1) is 0 Å². The summed E-state index contributed by atoms with van der Waals surface area (Å²) in [6.45, 7) is 0.828. The standard InChI is InChI=1S/C10H10IN3O2/c11-14-9(12-13-10(14)15)7-16-6-8-4-2-1-3-5-8/h1-5H,6-7H2,(H,13,15). The molecule has 0 unspecified atom stereocenters. The highest BCUT2D eigenvalue weighted by molar-refractivity contribution is 14.1. The van der Waals surface area contributed by atoms with E-state index in [1.807, 2.05) is 53.2 Å². The van der Waals surface area contributed by atoms with Gasteiger partial charge in [-0.2, -0.15) is 5.10 Å². The molecule has 0 aliphatic heterocycles. The zero-order valence-electron chi connectivity index (χ0n) is 8.39. The Morgan fingerprint density at radius 2 is 2.06 bits per heavy atom. The Labute approximate surface area is 106 Å². The van der Waals surface area contributed by atoms with Crippen LogP contribution in [0.15, 0.2) is 35.1 Å². The van der Waals surface area contributed by atoms with Gasteiger partial charge in [0.15, 0.2) is 5.82 Å². The molecule has 0 fully saturated rings. The first-order chi connectivity index (χ1) is 7.77. The third-order valence-electron chi connectivity index (χ3n) is 2.03. The molecule has 2 rings (SSSR count). The highest BCUT2D eigenvalue weighted by atomic mass is 127. The van der Waals surface area contributed by atoms with E-state index in [0.717, 1.165) is 5.56 Å². The van der Waals surface area contributed by atoms with Crippen LogP contribution in [0.2, 0.25) is 0 Å². The van der Waals surface area contributed by atoms with Gasteiger partial charge in [-0.05, 0) is 5.56 Å². The molecule has 0 radical (unpaired) electrons. The molecule has 84 valence electrons. The molecule has 0 atom stereocenters. The molecule has 2 aromatic rings. The van der Waals surface area contributed by atoms with Crippen molar-refractivity contribution >= 4 is 22.9 Å². The molecule has 1 aromatic carbocycles. The summed E-state index contributed by atoms with van der Waals surface area (Å²) in [6.07, 6.45) is 0. The van der Waals surface area contributed by atoms with Crippen molar-refractivity contribution in [1.82, 2.24) is 13.0 Å². The lowest BCUT2D eigenvalue weighted by molar-refractivity contribution is 0.102. The van der Waals surface area contributed by atoms with E-state index in [4.69, 9.17) is 4.74 Å². The van der Waals surface area contributed by atoms with Crippen molar-refractivity contribution in [2.75, 3.05) is 0 Å². The number of aromatic amines is 1. The van der Waals surface area contributed by atoms with Crippen molar-refractivity contribution in [2.45, 2.75) is 13.2 Å². The summed E-state index contributed by atoms with van der Waals surface area (Å²) >= 11 is 1.88. The zero-order chi connectivity index (χ0) is 11.4. The predicted molar refractivity (Wildman–Crippen MR) is 67.2 cm³/mol. The maximum atomic E-state index is 11.1. The van der Waals surface area contributed by atoms with E-state index in [0.29, 0.717) is 19.0 Å². The average Bonchev–Trinajstić information content (AvgIpc) is 2.62. The number of benzene rings is 1. The van der Waals surface area contributed by atoms with E-state index in [1.165, 1.54) is 2.78 Å². The molecule has 1 heterocycles. The zero-order valence-corrected chi connectivity index (χ0v) is 10.5. The fourth-order valence-electron chi connectivity index (χ4n) is 1.24. The summed E-state index contributed by atoms with van der Waals surface area (Å²) in [5.41, 5.74) is 0.860. The number of nitrogens with one attached hydrogen (secondary N) is 1. The maximum absolute atomic E-state index is 11.1. The number of ether oxygens (including phenoxy) is 1. The minimum absolute atomic E-state index is 0.237. The number of hydrogen-bond donors (Lipinski definition) is 1. The number of H-pyrrole nitrogens is 1. The highest BCUT2D eigenvalue weighted by Crippen LogP contribution is 2.04. The predicted octanol–water partition coefficient (Wildman–Crippen LogP) is 1.49. The smallest absolute Gasteiger partial charge is 0.352 e. The van der Waals surface area contributed by atoms with Crippen LogP contribution in [0.4, 0.5) is 0 Å². The summed E-state index contributed by atoms with van der Waals surface area (Å²) in [5, 5.41) is 6.19. The lowest BCUT2D eigenvalue weighted by Gasteiger charge is -2.02. The van der Waals surface area contributed by atoms with Gasteiger partial charge in [0.05, 0.1) is 29.5 Å². The quantitative estimate of drug-likeness (QED) is 0.864. The second-order valence-electron chi connectivity index (χ2n) is 3.20. The Bertz CT molecular complexity index is 506. The summed E-state index contributed by atoms with van der Waals surface area (Å²) in [6, 6.07) is 9.85. The SMILES string of the molecule is O=c1[nH]nc(COCc2ccccc2)n1I. The first-order valence-electron chi connectivity index (χ1n) is 4.71. The van der Waals surface area contributed by atoms with E-state index in [2.05, 4.69) is 10.2 Å². The lowest BCUT2D eigenvalue weighted by Crippen LogP contribution is -2.10. The fourth-order valence-corrected chi connectivity index (χ4v) is 1.60. The Kier molecular flexibility index (Phi) is 3.73. The summed E-state index contributed by atoms with van der Waals surface area (Å²) in [4.78, 5) is 11.1. The Balaban J connectivity index is 1.89. The van der Waals surface area contributed by atoms with Crippen LogP contribution >= 0.6 is 22.9 Å². The van der Waals surface area contributed by atoms with Crippen molar-refractivity contribution in [3.8, 4) is 0 Å². The van der Waals surface area contributed by atoms with Gasteiger partial charge in [-0.1, -0.05) is 30.3 Å². The van der Waals surface area contributed by atoms with Crippen LogP contribution < -0.4 is 5.69 Å². The van der Waals surface area contributed by atoms with Crippen LogP contribution in [0.3, 0.4) is 0 Å². The van der Waals surface area contributed by atoms with Gasteiger partial charge < -0.3 is 4.74 Å². The molecule has 0 spiro atoms. The first kappa shape index (κ1) is 11.3. The van der Waals surface area contributed by atoms with E-state index in [-0.39, 0.29) is 5.69 Å². The molecule has 0 bridgehead atoms. The molecule has 0 amide bonds. The molecule has 1 aromatic heterocycles. The van der Waals surface area contributed by atoms with Crippen molar-refractivity contribution in [3.05, 3.63) is 52.2 Å². The molecule has 16 heavy (non-hydrogen) atoms. The minimum atomic E-state index is -0.237. The van der Waals surface area contributed by atoms with Crippen molar-refractivity contribution in [2.24, 2.45) is 0 Å². The highest BCUT2D eigenvalue weighted by Gasteiger charge is 2.04. The molecule has 0 saturated carbocycles. The number of aromatic nitrogens is 3. The van der Waals surface area contributed by atoms with Crippen molar-refractivity contribution in [3.63, 3.8) is 0 Å². The van der Waals surface area contributed by atoms with E-state index in [9.17, 15) is 4.79 Å². The van der Waals surface area contributed by atoms with Gasteiger partial charge in [0.1, 0.15) is 6.61 Å². The van der Waals surface area contributed by atoms with Gasteiger partial charge in [0, 0.05) is 0 Å². The molecule has 0 aliphatic rings. The largest absolute Gasteiger partial charge is 0.369 e. The van der Waals surface area contributed by atoms with E-state index < -0.39 is 0 Å². The number of hydrogen-bond acceptors (Lipinski definition) is 3. The first-order valence-corrected chi connectivity index (χ1v) is 5.68. The fraction of sp³-hybridized carbons (Fsp3) is 0.200. The molecule has 0 aliphatic carbocycles. The second kappa shape index (κ2) is 5.26. The average molecular weight is 331 g/mol. The van der Waals surface area contributed by atoms with Crippen LogP contribution in [-0.2, 0) is 18.0 Å². The van der Waals surface area contributed by atoms with E-state index >= 15 is 0 Å². The Morgan fingerprint density at radius 3 is 2.69 bits per heavy atom. The van der Waals surface area contributed by atoms with Crippen LogP contribution in [0.25, 0.3) is 0 Å². The van der Waals surface area contributed by atoms with Crippen LogP contribution in [0.1, 0.15) is 11.4 Å². The van der Waals surface area contributed by atoms with E-state index in [1.54, 1.807) is 0 Å². The van der Waals surface area contributed by atoms with Crippen molar-refractivity contribution in [1.29, 1.82) is 0 Å². The molecule has 6 heteroatoms. The van der Waals surface area contributed by atoms with Gasteiger partial charge in [-0.25, -0.2) is 12.7 Å². The van der Waals surface area contributed by atoms with Crippen LogP contribution in [0, 0.1) is 0 Å². The molecular formula is C10H10IN3O2. The number of rotatable bonds is 4. The van der Waals surface area contributed by atoms with Gasteiger partial charge in [-0.3, -0.25) is 0 Å². The third kappa shape index (κ3) is 2.70. The number of halogens is 1. The lowest BCUT2D eigenvalue weighted by atomic mass is 10.2. The molecule has 1 N–H and O–H groups in total. The van der Waals surface area contributed by atoms with Crippen LogP contribution in [0.5, 0.6) is 0 Å². The monoisotopic (exact) mass is 331 g/mol. The normalized spacial score (nSPS) is 10.6. The topological polar surface area (TPSA) is 59.9 Å². The Morgan fingerprint density at radius 1 is 1.31 bits per heavy atom. The van der Waals surface area contributed by atoms with Crippen molar-refractivity contribution < 1.29 is 4.74 Å². The Hall–Kier alpha value is -1.15. The number of nitrogens with zero attached hydrogens (tertiary/aromatic N) is 2. The van der Waals surface area contributed by atoms with Gasteiger partial charge >= 0.3 is 5.69 Å². The molecular weight excluding hydrogens is 321 g/mol. The molecule has 0 saturated heterocycles. The summed E-state index contributed by atoms with van der Waals surface area (Å²) in [7, 11) is 0.